The van der Waals surface area contributed by atoms with Crippen molar-refractivity contribution in [1.29, 1.82) is 0 Å². The molecule has 3 aromatic rings. The summed E-state index contributed by atoms with van der Waals surface area (Å²) >= 11 is 0. The lowest BCUT2D eigenvalue weighted by Crippen LogP contribution is -2.64. The number of carbonyl (C=O) groups is 1. The van der Waals surface area contributed by atoms with Gasteiger partial charge in [0.2, 0.25) is 0 Å². The fourth-order valence-electron chi connectivity index (χ4n) is 4.69. The molecule has 2 aromatic carbocycles. The number of rotatable bonds is 10. The van der Waals surface area contributed by atoms with Crippen molar-refractivity contribution in [3.05, 3.63) is 54.9 Å². The highest BCUT2D eigenvalue weighted by Gasteiger charge is 2.61. The van der Waals surface area contributed by atoms with Gasteiger partial charge in [0, 0.05) is 32.1 Å². The summed E-state index contributed by atoms with van der Waals surface area (Å²) < 4.78 is 91.7. The molecule has 43 heavy (non-hydrogen) atoms. The molecule has 0 bridgehead atoms. The molecule has 1 saturated heterocycles. The molecule has 0 spiro atoms. The van der Waals surface area contributed by atoms with Gasteiger partial charge in [-0.05, 0) is 62.4 Å². The van der Waals surface area contributed by atoms with Gasteiger partial charge < -0.3 is 28.8 Å². The maximum atomic E-state index is 13.2. The number of benzene rings is 2. The number of hydrogen-bond acceptors (Lipinski definition) is 8. The number of alkyl halides is 5. The van der Waals surface area contributed by atoms with E-state index in [0.717, 1.165) is 17.0 Å². The molecule has 1 amide bonds. The predicted molar refractivity (Wildman–Crippen MR) is 140 cm³/mol. The second kappa shape index (κ2) is 12.8. The minimum absolute atomic E-state index is 0.231. The van der Waals surface area contributed by atoms with E-state index in [1.54, 1.807) is 26.0 Å². The number of amides is 1. The maximum absolute atomic E-state index is 13.2. The van der Waals surface area contributed by atoms with E-state index in [9.17, 15) is 31.9 Å². The van der Waals surface area contributed by atoms with E-state index >= 15 is 0 Å². The van der Waals surface area contributed by atoms with Crippen LogP contribution < -0.4 is 9.64 Å². The topological polar surface area (TPSA) is 117 Å². The van der Waals surface area contributed by atoms with E-state index in [1.165, 1.54) is 49.5 Å². The van der Waals surface area contributed by atoms with Crippen molar-refractivity contribution >= 4 is 11.8 Å². The van der Waals surface area contributed by atoms with Crippen LogP contribution in [0.2, 0.25) is 0 Å². The molecule has 11 nitrogen and oxygen atoms in total. The first kappa shape index (κ1) is 32.1. The van der Waals surface area contributed by atoms with E-state index in [4.69, 9.17) is 18.9 Å². The molecule has 4 rings (SSSR count). The number of aromatic nitrogens is 3. The van der Waals surface area contributed by atoms with Gasteiger partial charge in [-0.3, -0.25) is 0 Å². The first-order valence-electron chi connectivity index (χ1n) is 12.9. The number of ether oxygens (including phenoxy) is 5. The van der Waals surface area contributed by atoms with Crippen LogP contribution in [0.25, 0.3) is 17.1 Å². The normalized spacial score (nSPS) is 22.8. The third-order valence-corrected chi connectivity index (χ3v) is 6.68. The molecule has 0 aliphatic carbocycles. The summed E-state index contributed by atoms with van der Waals surface area (Å²) in [5, 5.41) is 14.4. The molecule has 5 atom stereocenters. The Morgan fingerprint density at radius 2 is 1.63 bits per heavy atom. The Labute approximate surface area is 242 Å². The smallest absolute Gasteiger partial charge is 0.465 e. The SMILES string of the molecule is CCO[C@@H]1[C@@H](OC)[C@H](C)O[C@H](N(C(=O)O)c2ccc(-c3ncn(-c4ccc(OC(F)(F)C(F)(F)F)cc4)n3)cc2)[C@@H]1OC. The van der Waals surface area contributed by atoms with Gasteiger partial charge in [0.1, 0.15) is 30.4 Å². The molecule has 1 fully saturated rings. The fourth-order valence-corrected chi connectivity index (χ4v) is 4.69. The summed E-state index contributed by atoms with van der Waals surface area (Å²) in [6, 6.07) is 10.6. The number of anilines is 1. The quantitative estimate of drug-likeness (QED) is 0.309. The number of halogens is 5. The van der Waals surface area contributed by atoms with Crippen molar-refractivity contribution < 1.29 is 55.5 Å². The fraction of sp³-hybridized carbons (Fsp3) is 0.444. The highest BCUT2D eigenvalue weighted by Crippen LogP contribution is 2.37. The number of methoxy groups -OCH3 is 2. The molecule has 16 heteroatoms. The van der Waals surface area contributed by atoms with Gasteiger partial charge in [-0.25, -0.2) is 19.4 Å². The molecule has 0 radical (unpaired) electrons. The zero-order valence-corrected chi connectivity index (χ0v) is 23.4. The van der Waals surface area contributed by atoms with E-state index in [2.05, 4.69) is 14.8 Å². The van der Waals surface area contributed by atoms with Crippen LogP contribution in [-0.4, -0.2) is 89.7 Å². The molecular weight excluding hydrogens is 587 g/mol. The van der Waals surface area contributed by atoms with Crippen LogP contribution in [0.3, 0.4) is 0 Å². The molecular formula is C27H29F5N4O7. The van der Waals surface area contributed by atoms with Crippen molar-refractivity contribution in [2.45, 2.75) is 56.8 Å². The lowest BCUT2D eigenvalue weighted by atomic mass is 9.97. The number of nitrogens with zero attached hydrogens (tertiary/aromatic N) is 4. The highest BCUT2D eigenvalue weighted by atomic mass is 19.4. The Kier molecular flexibility index (Phi) is 9.54. The van der Waals surface area contributed by atoms with Gasteiger partial charge in [0.25, 0.3) is 0 Å². The summed E-state index contributed by atoms with van der Waals surface area (Å²) in [6.07, 6.45) is -14.7. The van der Waals surface area contributed by atoms with Crippen molar-refractivity contribution in [2.24, 2.45) is 0 Å². The van der Waals surface area contributed by atoms with Gasteiger partial charge in [-0.2, -0.15) is 22.0 Å². The lowest BCUT2D eigenvalue weighted by molar-refractivity contribution is -0.360. The molecule has 234 valence electrons. The Balaban J connectivity index is 1.53. The largest absolute Gasteiger partial charge is 0.499 e. The Morgan fingerprint density at radius 3 is 2.16 bits per heavy atom. The maximum Gasteiger partial charge on any atom is 0.499 e. The first-order chi connectivity index (χ1) is 20.3. The monoisotopic (exact) mass is 616 g/mol. The summed E-state index contributed by atoms with van der Waals surface area (Å²) in [4.78, 5) is 17.7. The van der Waals surface area contributed by atoms with Gasteiger partial charge in [0.15, 0.2) is 12.1 Å². The summed E-state index contributed by atoms with van der Waals surface area (Å²) in [5.74, 6) is -0.462. The van der Waals surface area contributed by atoms with Crippen LogP contribution in [0.4, 0.5) is 32.4 Å². The number of carboxylic acid groups (broad SMARTS) is 1. The minimum Gasteiger partial charge on any atom is -0.465 e. The first-order valence-corrected chi connectivity index (χ1v) is 12.9. The van der Waals surface area contributed by atoms with Crippen LogP contribution >= 0.6 is 0 Å². The second-order valence-electron chi connectivity index (χ2n) is 9.38. The Bertz CT molecular complexity index is 1370. The summed E-state index contributed by atoms with van der Waals surface area (Å²) in [7, 11) is 2.94. The zero-order valence-electron chi connectivity index (χ0n) is 23.4. The average Bonchev–Trinajstić information content (AvgIpc) is 3.44. The molecule has 1 N–H and O–H groups in total. The van der Waals surface area contributed by atoms with Crippen LogP contribution in [0.15, 0.2) is 54.9 Å². The van der Waals surface area contributed by atoms with Gasteiger partial charge in [-0.15, -0.1) is 5.10 Å². The minimum atomic E-state index is -5.87. The second-order valence-corrected chi connectivity index (χ2v) is 9.38. The Morgan fingerprint density at radius 1 is 1.00 bits per heavy atom. The van der Waals surface area contributed by atoms with Crippen molar-refractivity contribution in [3.8, 4) is 22.8 Å². The van der Waals surface area contributed by atoms with E-state index in [-0.39, 0.29) is 11.5 Å². The van der Waals surface area contributed by atoms with Crippen LogP contribution in [-0.2, 0) is 18.9 Å². The van der Waals surface area contributed by atoms with Crippen molar-refractivity contribution in [2.75, 3.05) is 25.7 Å². The lowest BCUT2D eigenvalue weighted by Gasteiger charge is -2.47. The molecule has 1 aromatic heterocycles. The highest BCUT2D eigenvalue weighted by molar-refractivity contribution is 5.87. The number of hydrogen-bond donors (Lipinski definition) is 1. The predicted octanol–water partition coefficient (Wildman–Crippen LogP) is 5.13. The van der Waals surface area contributed by atoms with Gasteiger partial charge >= 0.3 is 18.4 Å². The molecule has 1 aliphatic heterocycles. The van der Waals surface area contributed by atoms with Crippen LogP contribution in [0, 0.1) is 0 Å². The van der Waals surface area contributed by atoms with Gasteiger partial charge in [0.05, 0.1) is 11.8 Å². The van der Waals surface area contributed by atoms with E-state index < -0.39 is 54.8 Å². The zero-order chi connectivity index (χ0) is 31.5. The van der Waals surface area contributed by atoms with Crippen LogP contribution in [0.5, 0.6) is 5.75 Å². The third-order valence-electron chi connectivity index (χ3n) is 6.68. The average molecular weight is 617 g/mol. The van der Waals surface area contributed by atoms with Crippen molar-refractivity contribution in [1.82, 2.24) is 14.8 Å². The van der Waals surface area contributed by atoms with Crippen LogP contribution in [0.1, 0.15) is 13.8 Å². The standard InChI is InChI=1S/C27H29F5N4O7/c1-5-41-21-20(39-3)15(2)42-24(22(21)40-4)36(25(37)38)18-8-6-16(7-9-18)23-33-14-35(34-23)17-10-12-19(13-11-17)43-27(31,32)26(28,29)30/h6-15,20-22,24H,5H2,1-4H3,(H,37,38)/t15-,20-,21+,22+,24-/m0/s1. The molecule has 2 heterocycles. The molecule has 1 aliphatic rings. The Hall–Kier alpha value is -3.86. The van der Waals surface area contributed by atoms with E-state index in [0.29, 0.717) is 17.9 Å². The third kappa shape index (κ3) is 6.71. The molecule has 0 saturated carbocycles. The summed E-state index contributed by atoms with van der Waals surface area (Å²) in [5.41, 5.74) is 1.08. The summed E-state index contributed by atoms with van der Waals surface area (Å²) in [6.45, 7) is 3.90. The van der Waals surface area contributed by atoms with Crippen molar-refractivity contribution in [3.63, 3.8) is 0 Å². The van der Waals surface area contributed by atoms with Gasteiger partial charge in [-0.1, -0.05) is 0 Å². The van der Waals surface area contributed by atoms with E-state index in [1.807, 2.05) is 0 Å². The molecule has 0 unspecified atom stereocenters.